The van der Waals surface area contributed by atoms with Gasteiger partial charge in [0.2, 0.25) is 0 Å². The zero-order chi connectivity index (χ0) is 22.1. The maximum Gasteiger partial charge on any atom is 0.141 e. The third kappa shape index (κ3) is 4.48. The van der Waals surface area contributed by atoms with Crippen molar-refractivity contribution in [1.82, 2.24) is 24.8 Å². The van der Waals surface area contributed by atoms with Gasteiger partial charge in [0, 0.05) is 56.4 Å². The number of benzene rings is 1. The van der Waals surface area contributed by atoms with E-state index in [0.29, 0.717) is 17.5 Å². The van der Waals surface area contributed by atoms with Gasteiger partial charge in [0.15, 0.2) is 0 Å². The maximum absolute atomic E-state index is 13.5. The quantitative estimate of drug-likeness (QED) is 0.642. The Kier molecular flexibility index (Phi) is 6.08. The summed E-state index contributed by atoms with van der Waals surface area (Å²) in [5.74, 6) is 1.13. The molecule has 2 fully saturated rings. The first-order valence-electron chi connectivity index (χ1n) is 11.1. The van der Waals surface area contributed by atoms with Crippen LogP contribution in [0.4, 0.5) is 21.7 Å². The van der Waals surface area contributed by atoms with Crippen LogP contribution in [0.3, 0.4) is 0 Å². The van der Waals surface area contributed by atoms with Gasteiger partial charge in [-0.2, -0.15) is 0 Å². The summed E-state index contributed by atoms with van der Waals surface area (Å²) in [6, 6.07) is 7.23. The van der Waals surface area contributed by atoms with Gasteiger partial charge in [-0.1, -0.05) is 11.6 Å². The number of piperazine rings is 1. The number of fused-ring (bicyclic) bond motifs is 1. The smallest absolute Gasteiger partial charge is 0.141 e. The van der Waals surface area contributed by atoms with Gasteiger partial charge in [0.05, 0.1) is 16.7 Å². The minimum atomic E-state index is -0.448. The SMILES string of the molecule is CN1CCN(C2CCN(c3cc4c(Nc5ccc(F)c(Cl)c5)ncnc4cn3)CC2)CC1. The Balaban J connectivity index is 1.32. The van der Waals surface area contributed by atoms with Crippen LogP contribution in [-0.2, 0) is 0 Å². The van der Waals surface area contributed by atoms with E-state index in [4.69, 9.17) is 11.6 Å². The highest BCUT2D eigenvalue weighted by Crippen LogP contribution is 2.29. The average Bonchev–Trinajstić information content (AvgIpc) is 2.82. The van der Waals surface area contributed by atoms with Crippen LogP contribution in [-0.4, -0.2) is 77.1 Å². The number of anilines is 3. The number of likely N-dealkylation sites (N-methyl/N-ethyl adjacent to an activating group) is 1. The van der Waals surface area contributed by atoms with Gasteiger partial charge in [0.25, 0.3) is 0 Å². The molecule has 2 aromatic heterocycles. The molecule has 4 heterocycles. The fourth-order valence-corrected chi connectivity index (χ4v) is 4.76. The minimum absolute atomic E-state index is 0.0685. The Morgan fingerprint density at radius 3 is 2.53 bits per heavy atom. The Bertz CT molecular complexity index is 1090. The Hall–Kier alpha value is -2.55. The van der Waals surface area contributed by atoms with E-state index in [1.807, 2.05) is 6.07 Å². The van der Waals surface area contributed by atoms with Crippen LogP contribution in [0.5, 0.6) is 0 Å². The van der Waals surface area contributed by atoms with Gasteiger partial charge in [-0.3, -0.25) is 4.90 Å². The molecule has 5 rings (SSSR count). The number of nitrogens with zero attached hydrogens (tertiary/aromatic N) is 6. The number of hydrogen-bond donors (Lipinski definition) is 1. The molecule has 0 spiro atoms. The second kappa shape index (κ2) is 9.13. The van der Waals surface area contributed by atoms with Gasteiger partial charge in [-0.25, -0.2) is 19.3 Å². The molecule has 0 atom stereocenters. The lowest BCUT2D eigenvalue weighted by Gasteiger charge is -2.42. The lowest BCUT2D eigenvalue weighted by Crippen LogP contribution is -2.52. The summed E-state index contributed by atoms with van der Waals surface area (Å²) >= 11 is 5.93. The molecule has 32 heavy (non-hydrogen) atoms. The average molecular weight is 456 g/mol. The summed E-state index contributed by atoms with van der Waals surface area (Å²) in [4.78, 5) is 20.8. The number of aromatic nitrogens is 3. The molecular formula is C23H27ClFN7. The minimum Gasteiger partial charge on any atom is -0.356 e. The number of nitrogens with one attached hydrogen (secondary N) is 1. The van der Waals surface area contributed by atoms with E-state index >= 15 is 0 Å². The first-order chi connectivity index (χ1) is 15.6. The van der Waals surface area contributed by atoms with Crippen LogP contribution in [0.2, 0.25) is 5.02 Å². The summed E-state index contributed by atoms with van der Waals surface area (Å²) in [5.41, 5.74) is 1.43. The fourth-order valence-electron chi connectivity index (χ4n) is 4.58. The zero-order valence-corrected chi connectivity index (χ0v) is 18.9. The Labute approximate surface area is 192 Å². The monoisotopic (exact) mass is 455 g/mol. The van der Waals surface area contributed by atoms with Crippen molar-refractivity contribution < 1.29 is 4.39 Å². The first-order valence-corrected chi connectivity index (χ1v) is 11.4. The van der Waals surface area contributed by atoms with E-state index in [1.54, 1.807) is 18.3 Å². The Morgan fingerprint density at radius 2 is 1.78 bits per heavy atom. The first kappa shape index (κ1) is 21.3. The highest BCUT2D eigenvalue weighted by Gasteiger charge is 2.27. The molecule has 7 nitrogen and oxygen atoms in total. The van der Waals surface area contributed by atoms with Gasteiger partial charge in [-0.15, -0.1) is 0 Å². The van der Waals surface area contributed by atoms with Crippen LogP contribution in [0.25, 0.3) is 10.9 Å². The summed E-state index contributed by atoms with van der Waals surface area (Å²) in [5, 5.41) is 4.18. The van der Waals surface area contributed by atoms with Crippen molar-refractivity contribution in [2.45, 2.75) is 18.9 Å². The van der Waals surface area contributed by atoms with E-state index in [0.717, 1.165) is 68.8 Å². The van der Waals surface area contributed by atoms with E-state index in [9.17, 15) is 4.39 Å². The Morgan fingerprint density at radius 1 is 1.00 bits per heavy atom. The lowest BCUT2D eigenvalue weighted by atomic mass is 10.0. The summed E-state index contributed by atoms with van der Waals surface area (Å²) in [6.45, 7) is 6.60. The van der Waals surface area contributed by atoms with E-state index in [1.165, 1.54) is 12.4 Å². The molecule has 3 aromatic rings. The van der Waals surface area contributed by atoms with Crippen molar-refractivity contribution in [3.05, 3.63) is 47.6 Å². The molecule has 0 aliphatic carbocycles. The van der Waals surface area contributed by atoms with E-state index < -0.39 is 5.82 Å². The van der Waals surface area contributed by atoms with E-state index in [-0.39, 0.29) is 5.02 Å². The molecule has 0 unspecified atom stereocenters. The molecule has 0 saturated carbocycles. The number of rotatable bonds is 4. The van der Waals surface area contributed by atoms with Crippen molar-refractivity contribution in [3.8, 4) is 0 Å². The van der Waals surface area contributed by atoms with Gasteiger partial charge >= 0.3 is 0 Å². The zero-order valence-electron chi connectivity index (χ0n) is 18.1. The normalized spacial score (nSPS) is 18.9. The van der Waals surface area contributed by atoms with Crippen molar-refractivity contribution in [2.24, 2.45) is 0 Å². The summed E-state index contributed by atoms with van der Waals surface area (Å²) in [6.07, 6.45) is 5.59. The van der Waals surface area contributed by atoms with Crippen LogP contribution in [0.15, 0.2) is 36.8 Å². The van der Waals surface area contributed by atoms with Crippen LogP contribution in [0.1, 0.15) is 12.8 Å². The van der Waals surface area contributed by atoms with Gasteiger partial charge < -0.3 is 15.1 Å². The van der Waals surface area contributed by atoms with Gasteiger partial charge in [0.1, 0.15) is 23.8 Å². The van der Waals surface area contributed by atoms with Gasteiger partial charge in [-0.05, 0) is 44.2 Å². The molecule has 168 valence electrons. The van der Waals surface area contributed by atoms with Crippen molar-refractivity contribution >= 4 is 39.8 Å². The molecule has 2 aliphatic rings. The largest absolute Gasteiger partial charge is 0.356 e. The van der Waals surface area contributed by atoms with E-state index in [2.05, 4.69) is 42.0 Å². The summed E-state index contributed by atoms with van der Waals surface area (Å²) in [7, 11) is 2.20. The fraction of sp³-hybridized carbons (Fsp3) is 0.435. The molecule has 0 amide bonds. The number of halogens is 2. The highest BCUT2D eigenvalue weighted by atomic mass is 35.5. The molecule has 9 heteroatoms. The topological polar surface area (TPSA) is 60.4 Å². The predicted molar refractivity (Wildman–Crippen MR) is 126 cm³/mol. The van der Waals surface area contributed by atoms with Crippen LogP contribution >= 0.6 is 11.6 Å². The van der Waals surface area contributed by atoms with Crippen molar-refractivity contribution in [1.29, 1.82) is 0 Å². The molecule has 2 saturated heterocycles. The van der Waals surface area contributed by atoms with Crippen molar-refractivity contribution in [2.75, 3.05) is 56.5 Å². The third-order valence-corrected chi connectivity index (χ3v) is 6.82. The van der Waals surface area contributed by atoms with Crippen molar-refractivity contribution in [3.63, 3.8) is 0 Å². The molecular weight excluding hydrogens is 429 g/mol. The number of pyridine rings is 1. The number of piperidine rings is 1. The second-order valence-corrected chi connectivity index (χ2v) is 9.00. The standard InChI is InChI=1S/C23H27ClFN7/c1-30-8-10-31(11-9-30)17-4-6-32(7-5-17)22-13-18-21(14-26-22)27-15-28-23(18)29-16-2-3-20(25)19(24)12-16/h2-3,12-15,17H,4-11H2,1H3,(H,27,28,29). The molecule has 1 N–H and O–H groups in total. The highest BCUT2D eigenvalue weighted by molar-refractivity contribution is 6.31. The van der Waals surface area contributed by atoms with Crippen LogP contribution in [0, 0.1) is 5.82 Å². The second-order valence-electron chi connectivity index (χ2n) is 8.59. The molecule has 1 aromatic carbocycles. The van der Waals surface area contributed by atoms with Crippen LogP contribution < -0.4 is 10.2 Å². The molecule has 2 aliphatic heterocycles. The number of hydrogen-bond acceptors (Lipinski definition) is 7. The third-order valence-electron chi connectivity index (χ3n) is 6.53. The molecule has 0 bridgehead atoms. The predicted octanol–water partition coefficient (Wildman–Crippen LogP) is 3.78. The maximum atomic E-state index is 13.5. The lowest BCUT2D eigenvalue weighted by molar-refractivity contribution is 0.0981. The molecule has 0 radical (unpaired) electrons. The summed E-state index contributed by atoms with van der Waals surface area (Å²) < 4.78 is 13.5.